The molecule has 0 aliphatic heterocycles. The maximum absolute atomic E-state index is 13.2. The van der Waals surface area contributed by atoms with Gasteiger partial charge in [0.1, 0.15) is 11.4 Å². The number of anilines is 1. The minimum atomic E-state index is -0.248. The Balaban J connectivity index is 1.79. The quantitative estimate of drug-likeness (QED) is 0.524. The van der Waals surface area contributed by atoms with E-state index in [1.807, 2.05) is 68.4 Å². The van der Waals surface area contributed by atoms with E-state index in [-0.39, 0.29) is 5.91 Å². The zero-order valence-corrected chi connectivity index (χ0v) is 17.1. The number of benzene rings is 2. The van der Waals surface area contributed by atoms with Crippen molar-refractivity contribution in [2.24, 2.45) is 0 Å². The minimum Gasteiger partial charge on any atom is -0.497 e. The number of amides is 1. The molecule has 0 atom stereocenters. The number of carbonyl (C=O) groups excluding carboxylic acids is 1. The summed E-state index contributed by atoms with van der Waals surface area (Å²) in [4.78, 5) is 17.3. The van der Waals surface area contributed by atoms with Crippen molar-refractivity contribution >= 4 is 11.6 Å². The summed E-state index contributed by atoms with van der Waals surface area (Å²) in [6.07, 6.45) is 5.09. The Labute approximate surface area is 175 Å². The van der Waals surface area contributed by atoms with Crippen LogP contribution in [0.25, 0.3) is 16.9 Å². The summed E-state index contributed by atoms with van der Waals surface area (Å²) in [5, 5.41) is 7.68. The smallest absolute Gasteiger partial charge is 0.259 e. The van der Waals surface area contributed by atoms with E-state index in [2.05, 4.69) is 10.3 Å². The number of aromatic nitrogens is 3. The first-order valence-electron chi connectivity index (χ1n) is 9.58. The fourth-order valence-electron chi connectivity index (χ4n) is 3.14. The van der Waals surface area contributed by atoms with Crippen molar-refractivity contribution in [1.29, 1.82) is 0 Å². The number of hydrogen-bond donors (Lipinski definition) is 1. The van der Waals surface area contributed by atoms with Gasteiger partial charge in [0.2, 0.25) is 0 Å². The number of nitrogens with one attached hydrogen (secondary N) is 1. The summed E-state index contributed by atoms with van der Waals surface area (Å²) in [5.74, 6) is 0.453. The van der Waals surface area contributed by atoms with Crippen LogP contribution >= 0.6 is 0 Å². The monoisotopic (exact) mass is 398 g/mol. The van der Waals surface area contributed by atoms with Crippen LogP contribution in [0.4, 0.5) is 5.69 Å². The summed E-state index contributed by atoms with van der Waals surface area (Å²) in [7, 11) is 1.61. The molecule has 0 saturated carbocycles. The van der Waals surface area contributed by atoms with E-state index in [9.17, 15) is 4.79 Å². The second-order valence-corrected chi connectivity index (χ2v) is 7.05. The molecule has 30 heavy (non-hydrogen) atoms. The third kappa shape index (κ3) is 3.93. The third-order valence-electron chi connectivity index (χ3n) is 4.89. The lowest BCUT2D eigenvalue weighted by molar-refractivity contribution is 0.102. The predicted molar refractivity (Wildman–Crippen MR) is 117 cm³/mol. The molecule has 0 bridgehead atoms. The highest BCUT2D eigenvalue weighted by atomic mass is 16.5. The molecule has 6 nitrogen and oxygen atoms in total. The van der Waals surface area contributed by atoms with E-state index >= 15 is 0 Å². The molecule has 150 valence electrons. The molecule has 0 aliphatic carbocycles. The summed E-state index contributed by atoms with van der Waals surface area (Å²) >= 11 is 0. The average Bonchev–Trinajstić information content (AvgIpc) is 3.21. The lowest BCUT2D eigenvalue weighted by atomic mass is 10.1. The van der Waals surface area contributed by atoms with Crippen LogP contribution in [0.2, 0.25) is 0 Å². The number of methoxy groups -OCH3 is 1. The second-order valence-electron chi connectivity index (χ2n) is 7.05. The van der Waals surface area contributed by atoms with E-state index in [1.54, 1.807) is 30.4 Å². The van der Waals surface area contributed by atoms with Crippen molar-refractivity contribution in [1.82, 2.24) is 14.8 Å². The van der Waals surface area contributed by atoms with Gasteiger partial charge in [0.25, 0.3) is 5.91 Å². The van der Waals surface area contributed by atoms with E-state index in [1.165, 1.54) is 0 Å². The molecule has 2 heterocycles. The van der Waals surface area contributed by atoms with Gasteiger partial charge in [-0.2, -0.15) is 5.10 Å². The highest BCUT2D eigenvalue weighted by Crippen LogP contribution is 2.28. The van der Waals surface area contributed by atoms with Crippen LogP contribution in [0.5, 0.6) is 5.75 Å². The van der Waals surface area contributed by atoms with Gasteiger partial charge in [-0.05, 0) is 49.7 Å². The fourth-order valence-corrected chi connectivity index (χ4v) is 3.14. The lowest BCUT2D eigenvalue weighted by Crippen LogP contribution is -2.13. The van der Waals surface area contributed by atoms with Gasteiger partial charge in [0.15, 0.2) is 0 Å². The Bertz CT molecular complexity index is 1200. The summed E-state index contributed by atoms with van der Waals surface area (Å²) in [5.41, 5.74) is 5.48. The lowest BCUT2D eigenvalue weighted by Gasteiger charge is -2.08. The molecule has 6 heteroatoms. The zero-order valence-electron chi connectivity index (χ0n) is 17.1. The normalized spacial score (nSPS) is 10.6. The molecule has 0 fully saturated rings. The third-order valence-corrected chi connectivity index (χ3v) is 4.89. The van der Waals surface area contributed by atoms with Gasteiger partial charge in [0, 0.05) is 18.0 Å². The van der Waals surface area contributed by atoms with Gasteiger partial charge in [-0.3, -0.25) is 9.78 Å². The summed E-state index contributed by atoms with van der Waals surface area (Å²) < 4.78 is 7.07. The minimum absolute atomic E-state index is 0.248. The van der Waals surface area contributed by atoms with Crippen molar-refractivity contribution in [2.45, 2.75) is 13.8 Å². The van der Waals surface area contributed by atoms with Gasteiger partial charge < -0.3 is 10.1 Å². The van der Waals surface area contributed by atoms with Crippen LogP contribution in [0.15, 0.2) is 73.2 Å². The van der Waals surface area contributed by atoms with E-state index < -0.39 is 0 Å². The molecular weight excluding hydrogens is 376 g/mol. The first-order valence-corrected chi connectivity index (χ1v) is 9.58. The Morgan fingerprint density at radius 1 is 1.07 bits per heavy atom. The largest absolute Gasteiger partial charge is 0.497 e. The summed E-state index contributed by atoms with van der Waals surface area (Å²) in [6, 6.07) is 17.4. The first kappa shape index (κ1) is 19.4. The topological polar surface area (TPSA) is 69.0 Å². The molecule has 1 amide bonds. The Kier molecular flexibility index (Phi) is 5.30. The zero-order chi connectivity index (χ0) is 21.1. The number of nitrogens with zero attached hydrogens (tertiary/aromatic N) is 3. The SMILES string of the molecule is COc1cccc(-c2nn(-c3ccc(C)cc3)cc2C(=O)Nc2cnccc2C)c1. The number of ether oxygens (including phenoxy) is 1. The van der Waals surface area contributed by atoms with Gasteiger partial charge in [-0.15, -0.1) is 0 Å². The van der Waals surface area contributed by atoms with Crippen molar-refractivity contribution in [3.05, 3.63) is 89.9 Å². The number of pyridine rings is 1. The van der Waals surface area contributed by atoms with Crippen molar-refractivity contribution in [3.63, 3.8) is 0 Å². The van der Waals surface area contributed by atoms with Crippen molar-refractivity contribution < 1.29 is 9.53 Å². The van der Waals surface area contributed by atoms with Crippen molar-refractivity contribution in [3.8, 4) is 22.7 Å². The molecular formula is C24H22N4O2. The molecule has 0 aliphatic rings. The molecule has 4 rings (SSSR count). The highest BCUT2D eigenvalue weighted by molar-refractivity contribution is 6.08. The van der Waals surface area contributed by atoms with Crippen LogP contribution in [0, 0.1) is 13.8 Å². The van der Waals surface area contributed by atoms with Crippen LogP contribution in [-0.4, -0.2) is 27.8 Å². The van der Waals surface area contributed by atoms with E-state index in [0.29, 0.717) is 22.7 Å². The maximum atomic E-state index is 13.2. The molecule has 0 unspecified atom stereocenters. The molecule has 2 aromatic carbocycles. The Morgan fingerprint density at radius 2 is 1.87 bits per heavy atom. The van der Waals surface area contributed by atoms with Gasteiger partial charge in [-0.1, -0.05) is 29.8 Å². The van der Waals surface area contributed by atoms with Gasteiger partial charge in [0.05, 0.1) is 30.2 Å². The Hall–Kier alpha value is -3.93. The van der Waals surface area contributed by atoms with Crippen molar-refractivity contribution in [2.75, 3.05) is 12.4 Å². The van der Waals surface area contributed by atoms with Gasteiger partial charge in [-0.25, -0.2) is 4.68 Å². The molecule has 4 aromatic rings. The number of rotatable bonds is 5. The summed E-state index contributed by atoms with van der Waals surface area (Å²) in [6.45, 7) is 3.96. The number of hydrogen-bond acceptors (Lipinski definition) is 4. The van der Waals surface area contributed by atoms with Crippen LogP contribution in [-0.2, 0) is 0 Å². The van der Waals surface area contributed by atoms with Gasteiger partial charge >= 0.3 is 0 Å². The van der Waals surface area contributed by atoms with E-state index in [4.69, 9.17) is 9.84 Å². The molecule has 0 saturated heterocycles. The highest BCUT2D eigenvalue weighted by Gasteiger charge is 2.20. The maximum Gasteiger partial charge on any atom is 0.259 e. The standard InChI is InChI=1S/C24H22N4O2/c1-16-7-9-19(10-8-16)28-15-21(24(29)26-22-14-25-12-11-17(22)2)23(27-28)18-5-4-6-20(13-18)30-3/h4-15H,1-3H3,(H,26,29). The van der Waals surface area contributed by atoms with Crippen LogP contribution in [0.1, 0.15) is 21.5 Å². The van der Waals surface area contributed by atoms with E-state index in [0.717, 1.165) is 22.4 Å². The van der Waals surface area contributed by atoms with Crippen LogP contribution in [0.3, 0.4) is 0 Å². The Morgan fingerprint density at radius 3 is 2.60 bits per heavy atom. The fraction of sp³-hybridized carbons (Fsp3) is 0.125. The molecule has 2 aromatic heterocycles. The molecule has 0 spiro atoms. The van der Waals surface area contributed by atoms with Crippen LogP contribution < -0.4 is 10.1 Å². The second kappa shape index (κ2) is 8.21. The molecule has 1 N–H and O–H groups in total. The average molecular weight is 398 g/mol. The number of aryl methyl sites for hydroxylation is 2. The predicted octanol–water partition coefficient (Wildman–Crippen LogP) is 4.81. The first-order chi connectivity index (χ1) is 14.5. The molecule has 0 radical (unpaired) electrons. The number of carbonyl (C=O) groups is 1.